The fourth-order valence-corrected chi connectivity index (χ4v) is 3.38. The van der Waals surface area contributed by atoms with Crippen molar-refractivity contribution in [1.82, 2.24) is 9.97 Å². The van der Waals surface area contributed by atoms with Crippen LogP contribution in [0.25, 0.3) is 39.8 Å². The Labute approximate surface area is 179 Å². The molecule has 0 atom stereocenters. The molecular weight excluding hydrogens is 386 g/mol. The van der Waals surface area contributed by atoms with Gasteiger partial charge in [0.1, 0.15) is 17.3 Å². The highest BCUT2D eigenvalue weighted by Crippen LogP contribution is 2.24. The number of furan rings is 1. The molecule has 5 nitrogen and oxygen atoms in total. The number of anilines is 1. The van der Waals surface area contributed by atoms with E-state index in [-0.39, 0.29) is 5.91 Å². The Morgan fingerprint density at radius 2 is 1.68 bits per heavy atom. The van der Waals surface area contributed by atoms with E-state index in [0.717, 1.165) is 33.7 Å². The predicted octanol–water partition coefficient (Wildman–Crippen LogP) is 6.14. The van der Waals surface area contributed by atoms with Crippen molar-refractivity contribution in [3.05, 3.63) is 103 Å². The van der Waals surface area contributed by atoms with Crippen molar-refractivity contribution in [2.24, 2.45) is 0 Å². The standard InChI is InChI=1S/C26H19N3O2/c30-25(16-14-21-13-15-24(31-21)18-7-2-1-3-8-18)27-20-10-6-9-19(17-20)26-28-22-11-4-5-12-23(22)29-26/h1-17H,(H,27,30)(H,28,29)/b16-14+. The van der Waals surface area contributed by atoms with Crippen LogP contribution >= 0.6 is 0 Å². The molecule has 5 aromatic rings. The number of fused-ring (bicyclic) bond motifs is 1. The Kier molecular flexibility index (Phi) is 4.91. The molecule has 2 aromatic heterocycles. The van der Waals surface area contributed by atoms with E-state index in [2.05, 4.69) is 15.3 Å². The predicted molar refractivity (Wildman–Crippen MR) is 123 cm³/mol. The minimum atomic E-state index is -0.237. The van der Waals surface area contributed by atoms with Crippen LogP contribution in [-0.2, 0) is 4.79 Å². The van der Waals surface area contributed by atoms with Crippen molar-refractivity contribution >= 4 is 28.7 Å². The van der Waals surface area contributed by atoms with E-state index in [1.165, 1.54) is 6.08 Å². The van der Waals surface area contributed by atoms with Crippen molar-refractivity contribution in [2.45, 2.75) is 0 Å². The maximum atomic E-state index is 12.4. The zero-order chi connectivity index (χ0) is 21.0. The summed E-state index contributed by atoms with van der Waals surface area (Å²) in [7, 11) is 0. The summed E-state index contributed by atoms with van der Waals surface area (Å²) in [6.45, 7) is 0. The second-order valence-electron chi connectivity index (χ2n) is 7.07. The Balaban J connectivity index is 1.28. The zero-order valence-electron chi connectivity index (χ0n) is 16.6. The summed E-state index contributed by atoms with van der Waals surface area (Å²) in [6, 6.07) is 29.0. The van der Waals surface area contributed by atoms with E-state index in [1.807, 2.05) is 91.0 Å². The Hall–Kier alpha value is -4.38. The van der Waals surface area contributed by atoms with Crippen LogP contribution in [-0.4, -0.2) is 15.9 Å². The number of para-hydroxylation sites is 2. The van der Waals surface area contributed by atoms with E-state index >= 15 is 0 Å². The first-order valence-electron chi connectivity index (χ1n) is 9.94. The number of nitrogens with one attached hydrogen (secondary N) is 2. The van der Waals surface area contributed by atoms with E-state index in [9.17, 15) is 4.79 Å². The quantitative estimate of drug-likeness (QED) is 0.345. The fourth-order valence-electron chi connectivity index (χ4n) is 3.38. The highest BCUT2D eigenvalue weighted by molar-refractivity contribution is 6.02. The van der Waals surface area contributed by atoms with Gasteiger partial charge in [-0.25, -0.2) is 4.98 Å². The second-order valence-corrected chi connectivity index (χ2v) is 7.07. The summed E-state index contributed by atoms with van der Waals surface area (Å²) in [6.07, 6.45) is 3.12. The van der Waals surface area contributed by atoms with Crippen LogP contribution in [0, 0.1) is 0 Å². The average molecular weight is 405 g/mol. The van der Waals surface area contributed by atoms with Crippen molar-refractivity contribution in [2.75, 3.05) is 5.32 Å². The molecule has 31 heavy (non-hydrogen) atoms. The number of H-pyrrole nitrogens is 1. The minimum Gasteiger partial charge on any atom is -0.457 e. The third kappa shape index (κ3) is 4.16. The van der Waals surface area contributed by atoms with Crippen LogP contribution < -0.4 is 5.32 Å². The Morgan fingerprint density at radius 1 is 0.871 bits per heavy atom. The first-order chi connectivity index (χ1) is 15.2. The smallest absolute Gasteiger partial charge is 0.248 e. The Morgan fingerprint density at radius 3 is 2.55 bits per heavy atom. The lowest BCUT2D eigenvalue weighted by molar-refractivity contribution is -0.111. The third-order valence-electron chi connectivity index (χ3n) is 4.88. The molecule has 5 heteroatoms. The van der Waals surface area contributed by atoms with E-state index in [0.29, 0.717) is 11.4 Å². The van der Waals surface area contributed by atoms with Crippen molar-refractivity contribution < 1.29 is 9.21 Å². The van der Waals surface area contributed by atoms with Gasteiger partial charge in [0, 0.05) is 22.9 Å². The summed E-state index contributed by atoms with van der Waals surface area (Å²) in [5.41, 5.74) is 4.47. The number of nitrogens with zero attached hydrogens (tertiary/aromatic N) is 1. The number of aromatic nitrogens is 2. The van der Waals surface area contributed by atoms with E-state index in [1.54, 1.807) is 6.08 Å². The topological polar surface area (TPSA) is 70.9 Å². The molecule has 0 radical (unpaired) electrons. The van der Waals surface area contributed by atoms with Crippen LogP contribution in [0.15, 0.2) is 101 Å². The number of rotatable bonds is 5. The van der Waals surface area contributed by atoms with Crippen LogP contribution in [0.2, 0.25) is 0 Å². The molecule has 150 valence electrons. The van der Waals surface area contributed by atoms with Crippen molar-refractivity contribution in [3.8, 4) is 22.7 Å². The fraction of sp³-hybridized carbons (Fsp3) is 0. The van der Waals surface area contributed by atoms with Gasteiger partial charge < -0.3 is 14.7 Å². The molecule has 3 aromatic carbocycles. The first kappa shape index (κ1) is 18.6. The lowest BCUT2D eigenvalue weighted by atomic mass is 10.2. The van der Waals surface area contributed by atoms with Gasteiger partial charge in [-0.05, 0) is 42.5 Å². The van der Waals surface area contributed by atoms with Crippen LogP contribution in [0.3, 0.4) is 0 Å². The zero-order valence-corrected chi connectivity index (χ0v) is 16.6. The second kappa shape index (κ2) is 8.16. The van der Waals surface area contributed by atoms with Crippen LogP contribution in [0.5, 0.6) is 0 Å². The minimum absolute atomic E-state index is 0.237. The number of amides is 1. The molecule has 0 spiro atoms. The molecule has 5 rings (SSSR count). The normalized spacial score (nSPS) is 11.2. The van der Waals surface area contributed by atoms with E-state index in [4.69, 9.17) is 4.42 Å². The van der Waals surface area contributed by atoms with Crippen molar-refractivity contribution in [3.63, 3.8) is 0 Å². The SMILES string of the molecule is O=C(/C=C/c1ccc(-c2ccccc2)o1)Nc1cccc(-c2nc3ccccc3[nH]2)c1. The molecule has 0 unspecified atom stereocenters. The van der Waals surface area contributed by atoms with Gasteiger partial charge in [-0.1, -0.05) is 54.6 Å². The highest BCUT2D eigenvalue weighted by Gasteiger charge is 2.07. The van der Waals surface area contributed by atoms with E-state index < -0.39 is 0 Å². The number of benzene rings is 3. The van der Waals surface area contributed by atoms with Gasteiger partial charge >= 0.3 is 0 Å². The molecule has 0 saturated carbocycles. The maximum absolute atomic E-state index is 12.4. The average Bonchev–Trinajstić information content (AvgIpc) is 3.46. The lowest BCUT2D eigenvalue weighted by Gasteiger charge is -2.04. The molecule has 0 aliphatic carbocycles. The number of imidazole rings is 1. The van der Waals surface area contributed by atoms with Crippen LogP contribution in [0.1, 0.15) is 5.76 Å². The largest absolute Gasteiger partial charge is 0.457 e. The molecule has 0 fully saturated rings. The van der Waals surface area contributed by atoms with Gasteiger partial charge in [0.15, 0.2) is 0 Å². The van der Waals surface area contributed by atoms with Gasteiger partial charge in [0.2, 0.25) is 5.91 Å². The summed E-state index contributed by atoms with van der Waals surface area (Å²) in [5.74, 6) is 1.90. The highest BCUT2D eigenvalue weighted by atomic mass is 16.3. The number of hydrogen-bond acceptors (Lipinski definition) is 3. The van der Waals surface area contributed by atoms with Gasteiger partial charge in [0.05, 0.1) is 11.0 Å². The van der Waals surface area contributed by atoms with Gasteiger partial charge in [-0.3, -0.25) is 4.79 Å². The van der Waals surface area contributed by atoms with Gasteiger partial charge in [0.25, 0.3) is 0 Å². The third-order valence-corrected chi connectivity index (χ3v) is 4.88. The number of carbonyl (C=O) groups is 1. The number of hydrogen-bond donors (Lipinski definition) is 2. The summed E-state index contributed by atoms with van der Waals surface area (Å²) >= 11 is 0. The number of carbonyl (C=O) groups excluding carboxylic acids is 1. The summed E-state index contributed by atoms with van der Waals surface area (Å²) < 4.78 is 5.80. The molecule has 0 bridgehead atoms. The molecule has 0 aliphatic heterocycles. The molecular formula is C26H19N3O2. The monoisotopic (exact) mass is 405 g/mol. The summed E-state index contributed by atoms with van der Waals surface area (Å²) in [4.78, 5) is 20.3. The molecule has 2 heterocycles. The lowest BCUT2D eigenvalue weighted by Crippen LogP contribution is -2.07. The van der Waals surface area contributed by atoms with Gasteiger partial charge in [-0.15, -0.1) is 0 Å². The summed E-state index contributed by atoms with van der Waals surface area (Å²) in [5, 5.41) is 2.89. The molecule has 1 amide bonds. The van der Waals surface area contributed by atoms with Crippen LogP contribution in [0.4, 0.5) is 5.69 Å². The maximum Gasteiger partial charge on any atom is 0.248 e. The first-order valence-corrected chi connectivity index (χ1v) is 9.94. The van der Waals surface area contributed by atoms with Crippen molar-refractivity contribution in [1.29, 1.82) is 0 Å². The molecule has 2 N–H and O–H groups in total. The Bertz CT molecular complexity index is 1350. The molecule has 0 saturated heterocycles. The molecule has 0 aliphatic rings. The number of aromatic amines is 1. The van der Waals surface area contributed by atoms with Gasteiger partial charge in [-0.2, -0.15) is 0 Å².